The van der Waals surface area contributed by atoms with Gasteiger partial charge in [-0.25, -0.2) is 8.42 Å². The first-order chi connectivity index (χ1) is 14.0. The Morgan fingerprint density at radius 2 is 2.00 bits per heavy atom. The molecule has 1 amide bonds. The topological polar surface area (TPSA) is 97.8 Å². The van der Waals surface area contributed by atoms with Crippen molar-refractivity contribution in [1.29, 1.82) is 0 Å². The van der Waals surface area contributed by atoms with Gasteiger partial charge in [0.05, 0.1) is 37.3 Å². The Bertz CT molecular complexity index is 950. The molecule has 0 saturated carbocycles. The van der Waals surface area contributed by atoms with Gasteiger partial charge in [0.2, 0.25) is 15.9 Å². The molecule has 1 N–H and O–H groups in total. The number of ether oxygens (including phenoxy) is 2. The van der Waals surface area contributed by atoms with E-state index in [1.54, 1.807) is 12.3 Å². The summed E-state index contributed by atoms with van der Waals surface area (Å²) < 4.78 is 37.9. The molecule has 3 rings (SSSR count). The summed E-state index contributed by atoms with van der Waals surface area (Å²) in [6, 6.07) is 9.98. The van der Waals surface area contributed by atoms with Crippen molar-refractivity contribution in [3.63, 3.8) is 0 Å². The van der Waals surface area contributed by atoms with E-state index in [2.05, 4.69) is 10.3 Å². The number of piperidine rings is 1. The minimum atomic E-state index is -3.75. The molecule has 1 aliphatic rings. The van der Waals surface area contributed by atoms with Crippen molar-refractivity contribution in [2.45, 2.75) is 24.3 Å². The van der Waals surface area contributed by atoms with Gasteiger partial charge >= 0.3 is 0 Å². The number of hydrogen-bond acceptors (Lipinski definition) is 6. The first-order valence-electron chi connectivity index (χ1n) is 9.35. The van der Waals surface area contributed by atoms with Crippen LogP contribution in [0.15, 0.2) is 47.5 Å². The van der Waals surface area contributed by atoms with E-state index in [1.165, 1.54) is 30.7 Å². The lowest BCUT2D eigenvalue weighted by atomic mass is 9.99. The molecular weight excluding hydrogens is 394 g/mol. The van der Waals surface area contributed by atoms with Crippen LogP contribution < -0.4 is 14.8 Å². The van der Waals surface area contributed by atoms with Crippen molar-refractivity contribution in [2.24, 2.45) is 5.92 Å². The summed E-state index contributed by atoms with van der Waals surface area (Å²) in [5.41, 5.74) is 0.756. The van der Waals surface area contributed by atoms with Crippen LogP contribution in [0, 0.1) is 5.92 Å². The first kappa shape index (κ1) is 21.1. The van der Waals surface area contributed by atoms with E-state index in [4.69, 9.17) is 9.47 Å². The fraction of sp³-hybridized carbons (Fsp3) is 0.400. The van der Waals surface area contributed by atoms with Gasteiger partial charge in [-0.2, -0.15) is 4.31 Å². The van der Waals surface area contributed by atoms with Crippen LogP contribution >= 0.6 is 0 Å². The summed E-state index contributed by atoms with van der Waals surface area (Å²) in [5.74, 6) is 0.234. The lowest BCUT2D eigenvalue weighted by molar-refractivity contribution is -0.126. The highest BCUT2D eigenvalue weighted by atomic mass is 32.2. The maximum absolute atomic E-state index is 13.1. The fourth-order valence-electron chi connectivity index (χ4n) is 3.33. The Labute approximate surface area is 170 Å². The quantitative estimate of drug-likeness (QED) is 0.735. The van der Waals surface area contributed by atoms with Crippen molar-refractivity contribution in [3.8, 4) is 11.5 Å². The average molecular weight is 420 g/mol. The summed E-state index contributed by atoms with van der Waals surface area (Å²) in [4.78, 5) is 16.9. The van der Waals surface area contributed by atoms with Crippen molar-refractivity contribution >= 4 is 15.9 Å². The molecule has 1 aliphatic heterocycles. The molecule has 29 heavy (non-hydrogen) atoms. The van der Waals surface area contributed by atoms with Gasteiger partial charge in [-0.05, 0) is 37.1 Å². The second-order valence-electron chi connectivity index (χ2n) is 6.76. The van der Waals surface area contributed by atoms with Crippen LogP contribution in [0.5, 0.6) is 11.5 Å². The van der Waals surface area contributed by atoms with Crippen LogP contribution in [-0.4, -0.2) is 50.9 Å². The van der Waals surface area contributed by atoms with Crippen molar-refractivity contribution in [2.75, 3.05) is 27.3 Å². The number of benzene rings is 1. The van der Waals surface area contributed by atoms with E-state index in [1.807, 2.05) is 18.2 Å². The number of nitrogens with zero attached hydrogens (tertiary/aromatic N) is 2. The molecule has 9 heteroatoms. The van der Waals surface area contributed by atoms with Gasteiger partial charge in [-0.15, -0.1) is 0 Å². The molecule has 1 atom stereocenters. The van der Waals surface area contributed by atoms with E-state index in [-0.39, 0.29) is 17.3 Å². The standard InChI is InChI=1S/C20H25N3O5S/c1-27-18-9-8-17(12-19(18)28-2)29(25,26)23-11-5-6-15(14-23)20(24)22-13-16-7-3-4-10-21-16/h3-4,7-10,12,15H,5-6,11,13-14H2,1-2H3,(H,22,24). The summed E-state index contributed by atoms with van der Waals surface area (Å²) in [5, 5.41) is 2.85. The lowest BCUT2D eigenvalue weighted by Crippen LogP contribution is -2.45. The summed E-state index contributed by atoms with van der Waals surface area (Å²) >= 11 is 0. The molecule has 0 radical (unpaired) electrons. The van der Waals surface area contributed by atoms with Crippen LogP contribution in [0.1, 0.15) is 18.5 Å². The number of nitrogens with one attached hydrogen (secondary N) is 1. The van der Waals surface area contributed by atoms with Crippen LogP contribution in [0.2, 0.25) is 0 Å². The molecule has 1 aromatic heterocycles. The SMILES string of the molecule is COc1ccc(S(=O)(=O)N2CCCC(C(=O)NCc3ccccn3)C2)cc1OC. The van der Waals surface area contributed by atoms with Crippen molar-refractivity contribution in [1.82, 2.24) is 14.6 Å². The predicted molar refractivity (Wildman–Crippen MR) is 107 cm³/mol. The van der Waals surface area contributed by atoms with Crippen LogP contribution in [-0.2, 0) is 21.4 Å². The molecule has 2 heterocycles. The van der Waals surface area contributed by atoms with E-state index >= 15 is 0 Å². The summed E-state index contributed by atoms with van der Waals surface area (Å²) in [7, 11) is -0.801. The van der Waals surface area contributed by atoms with Crippen molar-refractivity contribution in [3.05, 3.63) is 48.3 Å². The van der Waals surface area contributed by atoms with E-state index in [0.29, 0.717) is 37.4 Å². The molecule has 0 spiro atoms. The predicted octanol–water partition coefficient (Wildman–Crippen LogP) is 1.82. The number of pyridine rings is 1. The first-order valence-corrected chi connectivity index (χ1v) is 10.8. The molecule has 1 fully saturated rings. The third-order valence-electron chi connectivity index (χ3n) is 4.92. The Morgan fingerprint density at radius 3 is 2.69 bits per heavy atom. The zero-order chi connectivity index (χ0) is 20.9. The molecule has 156 valence electrons. The molecule has 0 bridgehead atoms. The minimum Gasteiger partial charge on any atom is -0.493 e. The van der Waals surface area contributed by atoms with Crippen LogP contribution in [0.25, 0.3) is 0 Å². The number of sulfonamides is 1. The number of carbonyl (C=O) groups excluding carboxylic acids is 1. The van der Waals surface area contributed by atoms with Gasteiger partial charge < -0.3 is 14.8 Å². The number of carbonyl (C=O) groups is 1. The number of aromatic nitrogens is 1. The third kappa shape index (κ3) is 4.86. The smallest absolute Gasteiger partial charge is 0.243 e. The lowest BCUT2D eigenvalue weighted by Gasteiger charge is -2.31. The summed E-state index contributed by atoms with van der Waals surface area (Å²) in [6.45, 7) is 0.837. The Kier molecular flexibility index (Phi) is 6.71. The molecule has 1 aromatic carbocycles. The molecule has 2 aromatic rings. The number of hydrogen-bond donors (Lipinski definition) is 1. The molecule has 0 aliphatic carbocycles. The monoisotopic (exact) mass is 419 g/mol. The van der Waals surface area contributed by atoms with Crippen LogP contribution in [0.3, 0.4) is 0 Å². The number of amides is 1. The van der Waals surface area contributed by atoms with Crippen LogP contribution in [0.4, 0.5) is 0 Å². The Morgan fingerprint density at radius 1 is 1.21 bits per heavy atom. The average Bonchev–Trinajstić information content (AvgIpc) is 2.77. The minimum absolute atomic E-state index is 0.115. The molecule has 1 saturated heterocycles. The molecular formula is C20H25N3O5S. The van der Waals surface area contributed by atoms with Gasteiger partial charge in [-0.3, -0.25) is 9.78 Å². The van der Waals surface area contributed by atoms with Gasteiger partial charge in [0.15, 0.2) is 11.5 Å². The Balaban J connectivity index is 1.70. The normalized spacial score (nSPS) is 17.5. The number of methoxy groups -OCH3 is 2. The zero-order valence-corrected chi connectivity index (χ0v) is 17.3. The van der Waals surface area contributed by atoms with E-state index in [9.17, 15) is 13.2 Å². The molecule has 1 unspecified atom stereocenters. The third-order valence-corrected chi connectivity index (χ3v) is 6.78. The molecule has 8 nitrogen and oxygen atoms in total. The van der Waals surface area contributed by atoms with Gasteiger partial charge in [-0.1, -0.05) is 6.07 Å². The second-order valence-corrected chi connectivity index (χ2v) is 8.70. The van der Waals surface area contributed by atoms with Crippen molar-refractivity contribution < 1.29 is 22.7 Å². The maximum Gasteiger partial charge on any atom is 0.243 e. The van der Waals surface area contributed by atoms with Gasteiger partial charge in [0.25, 0.3) is 0 Å². The summed E-state index contributed by atoms with van der Waals surface area (Å²) in [6.07, 6.45) is 2.93. The zero-order valence-electron chi connectivity index (χ0n) is 16.5. The number of rotatable bonds is 7. The van der Waals surface area contributed by atoms with Gasteiger partial charge in [0, 0.05) is 25.4 Å². The highest BCUT2D eigenvalue weighted by Crippen LogP contribution is 2.32. The highest BCUT2D eigenvalue weighted by Gasteiger charge is 2.33. The largest absolute Gasteiger partial charge is 0.493 e. The van der Waals surface area contributed by atoms with E-state index < -0.39 is 15.9 Å². The second kappa shape index (κ2) is 9.23. The fourth-order valence-corrected chi connectivity index (χ4v) is 4.87. The highest BCUT2D eigenvalue weighted by molar-refractivity contribution is 7.89. The van der Waals surface area contributed by atoms with Gasteiger partial charge in [0.1, 0.15) is 0 Å². The maximum atomic E-state index is 13.1. The van der Waals surface area contributed by atoms with E-state index in [0.717, 1.165) is 5.69 Å². The Hall–Kier alpha value is -2.65.